The third kappa shape index (κ3) is 63.8. The molecule has 0 aliphatic carbocycles. The number of rotatable bonds is 61. The Kier molecular flexibility index (Phi) is 63.3. The minimum atomic E-state index is -0.773. The Balaban J connectivity index is 3.44. The van der Waals surface area contributed by atoms with Crippen molar-refractivity contribution in [3.05, 3.63) is 72.9 Å². The SMILES string of the molecule is CC/C=C\C/C=C\C/C=C\C/C=C\C/C=C\C/C=C\CCCCCCCCCCCCCCCCCCC(=O)OC(CO)COC(=O)CCCCCCCCCCCCCCCCCCCCCCCCCCCC. The van der Waals surface area contributed by atoms with Crippen LogP contribution in [0.25, 0.3) is 0 Å². The zero-order chi connectivity index (χ0) is 54.1. The van der Waals surface area contributed by atoms with Crippen molar-refractivity contribution in [2.75, 3.05) is 13.2 Å². The van der Waals surface area contributed by atoms with Crippen molar-refractivity contribution >= 4 is 11.9 Å². The van der Waals surface area contributed by atoms with Gasteiger partial charge in [0.05, 0.1) is 6.61 Å². The van der Waals surface area contributed by atoms with E-state index in [1.54, 1.807) is 0 Å². The van der Waals surface area contributed by atoms with Crippen LogP contribution in [0.5, 0.6) is 0 Å². The highest BCUT2D eigenvalue weighted by Crippen LogP contribution is 2.18. The van der Waals surface area contributed by atoms with Crippen LogP contribution in [-0.4, -0.2) is 36.4 Å². The fourth-order valence-corrected chi connectivity index (χ4v) is 9.86. The maximum Gasteiger partial charge on any atom is 0.306 e. The van der Waals surface area contributed by atoms with E-state index in [4.69, 9.17) is 9.47 Å². The molecular weight excluding hydrogens is 921 g/mol. The normalized spacial score (nSPS) is 12.6. The van der Waals surface area contributed by atoms with Gasteiger partial charge in [0, 0.05) is 12.8 Å². The summed E-state index contributed by atoms with van der Waals surface area (Å²) in [6.45, 7) is 4.08. The lowest BCUT2D eigenvalue weighted by molar-refractivity contribution is -0.161. The molecular formula is C70H126O5. The molecule has 0 aromatic rings. The highest BCUT2D eigenvalue weighted by Gasteiger charge is 2.16. The standard InChI is InChI=1S/C70H126O5/c1-3-5-7-9-11-13-15-17-19-21-23-25-27-29-31-32-33-34-35-36-37-38-39-41-43-45-47-49-51-53-55-57-59-61-63-65-70(73)75-68(66-71)67-74-69(72)64-62-60-58-56-54-52-50-48-46-44-42-40-30-28-26-24-22-20-18-16-14-12-10-8-6-4-2/h5,7,11,13,17,19,23,25,29,31,33-34,68,71H,3-4,6,8-10,12,14-16,18,20-22,24,26-28,30,32,35-67H2,1-2H3/b7-5-,13-11-,19-17-,25-23-,31-29-,34-33-. The fraction of sp³-hybridized carbons (Fsp3) is 0.800. The second kappa shape index (κ2) is 65.6. The Morgan fingerprint density at radius 2 is 0.573 bits per heavy atom. The van der Waals surface area contributed by atoms with Crippen molar-refractivity contribution in [1.82, 2.24) is 0 Å². The summed E-state index contributed by atoms with van der Waals surface area (Å²) in [6.07, 6.45) is 90.6. The quantitative estimate of drug-likeness (QED) is 0.0373. The van der Waals surface area contributed by atoms with Crippen LogP contribution < -0.4 is 0 Å². The minimum Gasteiger partial charge on any atom is -0.462 e. The Morgan fingerprint density at radius 3 is 0.867 bits per heavy atom. The van der Waals surface area contributed by atoms with E-state index in [0.717, 1.165) is 70.6 Å². The van der Waals surface area contributed by atoms with Gasteiger partial charge in [-0.3, -0.25) is 9.59 Å². The van der Waals surface area contributed by atoms with Gasteiger partial charge in [0.2, 0.25) is 0 Å². The smallest absolute Gasteiger partial charge is 0.306 e. The third-order valence-electron chi connectivity index (χ3n) is 14.8. The summed E-state index contributed by atoms with van der Waals surface area (Å²) in [5.41, 5.74) is 0. The second-order valence-electron chi connectivity index (χ2n) is 22.2. The van der Waals surface area contributed by atoms with Crippen LogP contribution in [0.15, 0.2) is 72.9 Å². The topological polar surface area (TPSA) is 72.8 Å². The maximum absolute atomic E-state index is 12.4. The molecule has 0 fully saturated rings. The van der Waals surface area contributed by atoms with E-state index >= 15 is 0 Å². The monoisotopic (exact) mass is 1050 g/mol. The molecule has 0 amide bonds. The molecule has 75 heavy (non-hydrogen) atoms. The molecule has 0 saturated carbocycles. The van der Waals surface area contributed by atoms with Gasteiger partial charge in [-0.15, -0.1) is 0 Å². The first-order chi connectivity index (χ1) is 37.1. The van der Waals surface area contributed by atoms with Crippen LogP contribution in [0.4, 0.5) is 0 Å². The molecule has 0 heterocycles. The van der Waals surface area contributed by atoms with Gasteiger partial charge in [-0.1, -0.05) is 337 Å². The average Bonchev–Trinajstić information content (AvgIpc) is 3.41. The van der Waals surface area contributed by atoms with Crippen molar-refractivity contribution in [3.63, 3.8) is 0 Å². The summed E-state index contributed by atoms with van der Waals surface area (Å²) in [5, 5.41) is 9.69. The molecule has 0 aromatic heterocycles. The van der Waals surface area contributed by atoms with Gasteiger partial charge in [0.25, 0.3) is 0 Å². The van der Waals surface area contributed by atoms with Crippen LogP contribution >= 0.6 is 0 Å². The molecule has 0 spiro atoms. The van der Waals surface area contributed by atoms with E-state index < -0.39 is 6.10 Å². The summed E-state index contributed by atoms with van der Waals surface area (Å²) in [4.78, 5) is 24.6. The van der Waals surface area contributed by atoms with E-state index in [0.29, 0.717) is 12.8 Å². The van der Waals surface area contributed by atoms with E-state index in [2.05, 4.69) is 86.8 Å². The van der Waals surface area contributed by atoms with Crippen molar-refractivity contribution in [3.8, 4) is 0 Å². The Morgan fingerprint density at radius 1 is 0.320 bits per heavy atom. The summed E-state index contributed by atoms with van der Waals surface area (Å²) in [7, 11) is 0. The molecule has 0 bridgehead atoms. The number of hydrogen-bond acceptors (Lipinski definition) is 5. The zero-order valence-electron chi connectivity index (χ0n) is 50.1. The average molecular weight is 1050 g/mol. The molecule has 0 saturated heterocycles. The molecule has 5 nitrogen and oxygen atoms in total. The number of carbonyl (C=O) groups excluding carboxylic acids is 2. The van der Waals surface area contributed by atoms with Gasteiger partial charge in [-0.05, 0) is 64.2 Å². The molecule has 0 rings (SSSR count). The van der Waals surface area contributed by atoms with Gasteiger partial charge < -0.3 is 14.6 Å². The van der Waals surface area contributed by atoms with E-state index in [9.17, 15) is 14.7 Å². The predicted molar refractivity (Wildman–Crippen MR) is 330 cm³/mol. The molecule has 0 radical (unpaired) electrons. The zero-order valence-corrected chi connectivity index (χ0v) is 50.1. The number of ether oxygens (including phenoxy) is 2. The second-order valence-corrected chi connectivity index (χ2v) is 22.2. The lowest BCUT2D eigenvalue weighted by Gasteiger charge is -2.15. The summed E-state index contributed by atoms with van der Waals surface area (Å²) in [6, 6.07) is 0. The van der Waals surface area contributed by atoms with E-state index in [-0.39, 0.29) is 25.2 Å². The number of allylic oxidation sites excluding steroid dienone is 12. The Hall–Kier alpha value is -2.66. The van der Waals surface area contributed by atoms with E-state index in [1.807, 2.05) is 0 Å². The third-order valence-corrected chi connectivity index (χ3v) is 14.8. The number of hydrogen-bond donors (Lipinski definition) is 1. The van der Waals surface area contributed by atoms with Crippen LogP contribution in [0.3, 0.4) is 0 Å². The highest BCUT2D eigenvalue weighted by molar-refractivity contribution is 5.70. The number of carbonyl (C=O) groups is 2. The van der Waals surface area contributed by atoms with Crippen molar-refractivity contribution in [2.24, 2.45) is 0 Å². The number of esters is 2. The largest absolute Gasteiger partial charge is 0.462 e. The van der Waals surface area contributed by atoms with Crippen LogP contribution in [0.1, 0.15) is 341 Å². The van der Waals surface area contributed by atoms with Crippen LogP contribution in [0, 0.1) is 0 Å². The first-order valence-corrected chi connectivity index (χ1v) is 33.0. The molecule has 5 heteroatoms. The lowest BCUT2D eigenvalue weighted by atomic mass is 10.0. The summed E-state index contributed by atoms with van der Waals surface area (Å²) < 4.78 is 10.8. The minimum absolute atomic E-state index is 0.0621. The van der Waals surface area contributed by atoms with Gasteiger partial charge in [-0.25, -0.2) is 0 Å². The van der Waals surface area contributed by atoms with Gasteiger partial charge in [0.1, 0.15) is 6.61 Å². The Labute approximate surface area is 467 Å². The van der Waals surface area contributed by atoms with Crippen LogP contribution in [-0.2, 0) is 19.1 Å². The maximum atomic E-state index is 12.4. The molecule has 0 aromatic carbocycles. The fourth-order valence-electron chi connectivity index (χ4n) is 9.86. The lowest BCUT2D eigenvalue weighted by Crippen LogP contribution is -2.28. The van der Waals surface area contributed by atoms with E-state index in [1.165, 1.54) is 244 Å². The molecule has 0 aliphatic rings. The predicted octanol–water partition coefficient (Wildman–Crippen LogP) is 22.7. The van der Waals surface area contributed by atoms with Gasteiger partial charge in [0.15, 0.2) is 6.10 Å². The number of unbranched alkanes of at least 4 members (excludes halogenated alkanes) is 41. The number of aliphatic hydroxyl groups excluding tert-OH is 1. The molecule has 1 unspecified atom stereocenters. The molecule has 436 valence electrons. The molecule has 1 atom stereocenters. The van der Waals surface area contributed by atoms with Gasteiger partial charge >= 0.3 is 11.9 Å². The van der Waals surface area contributed by atoms with Crippen LogP contribution in [0.2, 0.25) is 0 Å². The van der Waals surface area contributed by atoms with Crippen molar-refractivity contribution < 1.29 is 24.2 Å². The summed E-state index contributed by atoms with van der Waals surface area (Å²) >= 11 is 0. The number of aliphatic hydroxyl groups is 1. The van der Waals surface area contributed by atoms with Crippen molar-refractivity contribution in [2.45, 2.75) is 347 Å². The van der Waals surface area contributed by atoms with Gasteiger partial charge in [-0.2, -0.15) is 0 Å². The highest BCUT2D eigenvalue weighted by atomic mass is 16.6. The molecule has 0 aliphatic heterocycles. The summed E-state index contributed by atoms with van der Waals surface area (Å²) in [5.74, 6) is -0.573. The van der Waals surface area contributed by atoms with Crippen molar-refractivity contribution in [1.29, 1.82) is 0 Å². The molecule has 1 N–H and O–H groups in total. The Bertz CT molecular complexity index is 1320. The first-order valence-electron chi connectivity index (χ1n) is 33.0. The first kappa shape index (κ1) is 72.3.